The Kier molecular flexibility index (Phi) is 7.16. The number of carbonyl (C=O) groups excluding carboxylic acids is 1. The number of urea groups is 1. The summed E-state index contributed by atoms with van der Waals surface area (Å²) in [5.41, 5.74) is 9.03. The number of benzene rings is 3. The summed E-state index contributed by atoms with van der Waals surface area (Å²) in [7, 11) is 1.62. The minimum atomic E-state index is -0.205. The van der Waals surface area contributed by atoms with Crippen molar-refractivity contribution in [2.75, 3.05) is 30.9 Å². The number of hydrogen-bond donors (Lipinski definition) is 2. The van der Waals surface area contributed by atoms with Crippen LogP contribution in [0.2, 0.25) is 0 Å². The lowest BCUT2D eigenvalue weighted by atomic mass is 10.1. The Balaban J connectivity index is 1.70. The number of hydrogen-bond acceptors (Lipinski definition) is 4. The molecule has 0 spiro atoms. The molecular weight excluding hydrogens is 378 g/mol. The summed E-state index contributed by atoms with van der Waals surface area (Å²) >= 11 is 0. The summed E-state index contributed by atoms with van der Waals surface area (Å²) in [4.78, 5) is 14.7. The molecule has 2 amide bonds. The molecule has 6 heteroatoms. The first-order chi connectivity index (χ1) is 14.6. The number of carbonyl (C=O) groups is 1. The Labute approximate surface area is 177 Å². The van der Waals surface area contributed by atoms with E-state index >= 15 is 0 Å². The molecule has 0 aromatic heterocycles. The molecule has 0 heterocycles. The fourth-order valence-corrected chi connectivity index (χ4v) is 3.12. The lowest BCUT2D eigenvalue weighted by Gasteiger charge is -2.23. The van der Waals surface area contributed by atoms with Gasteiger partial charge in [0.15, 0.2) is 11.5 Å². The van der Waals surface area contributed by atoms with Crippen LogP contribution in [0.15, 0.2) is 72.8 Å². The Bertz CT molecular complexity index is 959. The number of para-hydroxylation sites is 1. The van der Waals surface area contributed by atoms with E-state index < -0.39 is 0 Å². The highest BCUT2D eigenvalue weighted by Crippen LogP contribution is 2.28. The van der Waals surface area contributed by atoms with Crippen molar-refractivity contribution >= 4 is 23.1 Å². The highest BCUT2D eigenvalue weighted by atomic mass is 16.5. The van der Waals surface area contributed by atoms with Crippen molar-refractivity contribution in [2.45, 2.75) is 13.3 Å². The normalized spacial score (nSPS) is 10.3. The van der Waals surface area contributed by atoms with Crippen molar-refractivity contribution in [3.8, 4) is 11.5 Å². The summed E-state index contributed by atoms with van der Waals surface area (Å²) in [5.74, 6) is 1.40. The first-order valence-corrected chi connectivity index (χ1v) is 9.90. The van der Waals surface area contributed by atoms with E-state index in [2.05, 4.69) is 5.32 Å². The molecule has 0 atom stereocenters. The van der Waals surface area contributed by atoms with Crippen molar-refractivity contribution in [3.63, 3.8) is 0 Å². The van der Waals surface area contributed by atoms with Crippen LogP contribution in [0.25, 0.3) is 0 Å². The fraction of sp³-hybridized carbons (Fsp3) is 0.208. The zero-order chi connectivity index (χ0) is 21.3. The predicted molar refractivity (Wildman–Crippen MR) is 121 cm³/mol. The molecule has 3 N–H and O–H groups in total. The highest BCUT2D eigenvalue weighted by molar-refractivity contribution is 5.99. The SMILES string of the molecule is CCOc1ccc(CCNC(=O)N(c2ccccc2)c2ccc(N)cc2)cc1OC. The molecular formula is C24H27N3O3. The summed E-state index contributed by atoms with van der Waals surface area (Å²) in [6.45, 7) is 2.99. The third-order valence-electron chi connectivity index (χ3n) is 4.59. The van der Waals surface area contributed by atoms with E-state index in [0.29, 0.717) is 36.8 Å². The van der Waals surface area contributed by atoms with Gasteiger partial charge in [0, 0.05) is 12.2 Å². The van der Waals surface area contributed by atoms with Crippen molar-refractivity contribution in [1.29, 1.82) is 0 Å². The highest BCUT2D eigenvalue weighted by Gasteiger charge is 2.17. The zero-order valence-electron chi connectivity index (χ0n) is 17.3. The maximum absolute atomic E-state index is 13.0. The lowest BCUT2D eigenvalue weighted by molar-refractivity contribution is 0.248. The first kappa shape index (κ1) is 21.0. The largest absolute Gasteiger partial charge is 0.493 e. The number of nitrogens with one attached hydrogen (secondary N) is 1. The second-order valence-corrected chi connectivity index (χ2v) is 6.66. The molecule has 3 aromatic carbocycles. The fourth-order valence-electron chi connectivity index (χ4n) is 3.12. The molecule has 0 aliphatic rings. The molecule has 6 nitrogen and oxygen atoms in total. The molecule has 0 aliphatic heterocycles. The number of amides is 2. The molecule has 0 saturated carbocycles. The van der Waals surface area contributed by atoms with Gasteiger partial charge in [-0.1, -0.05) is 24.3 Å². The molecule has 0 bridgehead atoms. The van der Waals surface area contributed by atoms with Crippen molar-refractivity contribution in [3.05, 3.63) is 78.4 Å². The maximum Gasteiger partial charge on any atom is 0.326 e. The molecule has 0 saturated heterocycles. The summed E-state index contributed by atoms with van der Waals surface area (Å²) in [6.07, 6.45) is 0.666. The summed E-state index contributed by atoms with van der Waals surface area (Å²) < 4.78 is 11.0. The lowest BCUT2D eigenvalue weighted by Crippen LogP contribution is -2.37. The van der Waals surface area contributed by atoms with Crippen LogP contribution in [-0.2, 0) is 6.42 Å². The molecule has 0 radical (unpaired) electrons. The van der Waals surface area contributed by atoms with Crippen LogP contribution in [0.3, 0.4) is 0 Å². The number of rotatable bonds is 8. The van der Waals surface area contributed by atoms with E-state index in [9.17, 15) is 4.79 Å². The molecule has 30 heavy (non-hydrogen) atoms. The van der Waals surface area contributed by atoms with Crippen LogP contribution in [-0.4, -0.2) is 26.3 Å². The van der Waals surface area contributed by atoms with Gasteiger partial charge in [-0.25, -0.2) is 4.79 Å². The van der Waals surface area contributed by atoms with E-state index in [0.717, 1.165) is 16.9 Å². The van der Waals surface area contributed by atoms with Crippen LogP contribution < -0.4 is 25.4 Å². The zero-order valence-corrected chi connectivity index (χ0v) is 17.3. The van der Waals surface area contributed by atoms with Crippen LogP contribution in [0, 0.1) is 0 Å². The topological polar surface area (TPSA) is 76.8 Å². The van der Waals surface area contributed by atoms with Gasteiger partial charge in [-0.15, -0.1) is 0 Å². The summed E-state index contributed by atoms with van der Waals surface area (Å²) in [6, 6.07) is 22.4. The quantitative estimate of drug-likeness (QED) is 0.530. The van der Waals surface area contributed by atoms with Gasteiger partial charge in [-0.05, 0) is 67.4 Å². The van der Waals surface area contributed by atoms with E-state index in [1.54, 1.807) is 24.1 Å². The van der Waals surface area contributed by atoms with Gasteiger partial charge in [0.05, 0.1) is 25.1 Å². The van der Waals surface area contributed by atoms with Gasteiger partial charge in [0.2, 0.25) is 0 Å². The number of methoxy groups -OCH3 is 1. The molecule has 0 unspecified atom stereocenters. The van der Waals surface area contributed by atoms with Gasteiger partial charge in [-0.2, -0.15) is 0 Å². The van der Waals surface area contributed by atoms with Gasteiger partial charge in [0.1, 0.15) is 0 Å². The molecule has 0 fully saturated rings. The van der Waals surface area contributed by atoms with Crippen LogP contribution in [0.1, 0.15) is 12.5 Å². The van der Waals surface area contributed by atoms with Gasteiger partial charge in [-0.3, -0.25) is 4.90 Å². The molecule has 3 rings (SSSR count). The minimum Gasteiger partial charge on any atom is -0.493 e. The minimum absolute atomic E-state index is 0.205. The van der Waals surface area contributed by atoms with Crippen LogP contribution in [0.5, 0.6) is 11.5 Å². The van der Waals surface area contributed by atoms with E-state index in [4.69, 9.17) is 15.2 Å². The van der Waals surface area contributed by atoms with Gasteiger partial charge < -0.3 is 20.5 Å². The second-order valence-electron chi connectivity index (χ2n) is 6.66. The van der Waals surface area contributed by atoms with Crippen LogP contribution >= 0.6 is 0 Å². The number of ether oxygens (including phenoxy) is 2. The van der Waals surface area contributed by atoms with E-state index in [1.807, 2.05) is 67.6 Å². The Hall–Kier alpha value is -3.67. The van der Waals surface area contributed by atoms with Gasteiger partial charge >= 0.3 is 6.03 Å². The van der Waals surface area contributed by atoms with Crippen molar-refractivity contribution in [2.24, 2.45) is 0 Å². The molecule has 0 aliphatic carbocycles. The number of nitrogens with two attached hydrogens (primary N) is 1. The smallest absolute Gasteiger partial charge is 0.326 e. The molecule has 3 aromatic rings. The monoisotopic (exact) mass is 405 g/mol. The van der Waals surface area contributed by atoms with Gasteiger partial charge in [0.25, 0.3) is 0 Å². The molecule has 156 valence electrons. The standard InChI is InChI=1S/C24H27N3O3/c1-3-30-22-14-9-18(17-23(22)29-2)15-16-26-24(28)27(20-7-5-4-6-8-20)21-12-10-19(25)11-13-21/h4-14,17H,3,15-16,25H2,1-2H3,(H,26,28). The number of anilines is 3. The second kappa shape index (κ2) is 10.2. The van der Waals surface area contributed by atoms with E-state index in [-0.39, 0.29) is 6.03 Å². The Morgan fingerprint density at radius 2 is 1.67 bits per heavy atom. The average molecular weight is 405 g/mol. The number of nitrogen functional groups attached to an aromatic ring is 1. The first-order valence-electron chi connectivity index (χ1n) is 9.90. The van der Waals surface area contributed by atoms with Crippen molar-refractivity contribution in [1.82, 2.24) is 5.32 Å². The van der Waals surface area contributed by atoms with Crippen molar-refractivity contribution < 1.29 is 14.3 Å². The van der Waals surface area contributed by atoms with E-state index in [1.165, 1.54) is 0 Å². The third kappa shape index (κ3) is 5.23. The Morgan fingerprint density at radius 1 is 0.967 bits per heavy atom. The van der Waals surface area contributed by atoms with Crippen LogP contribution in [0.4, 0.5) is 21.9 Å². The predicted octanol–water partition coefficient (Wildman–Crippen LogP) is 4.77. The Morgan fingerprint density at radius 3 is 2.33 bits per heavy atom. The summed E-state index contributed by atoms with van der Waals surface area (Å²) in [5, 5.41) is 3.00. The number of nitrogens with zero attached hydrogens (tertiary/aromatic N) is 1. The maximum atomic E-state index is 13.0. The third-order valence-corrected chi connectivity index (χ3v) is 4.59. The average Bonchev–Trinajstić information content (AvgIpc) is 2.77.